The van der Waals surface area contributed by atoms with Crippen LogP contribution in [0.4, 0.5) is 0 Å². The third kappa shape index (κ3) is 5.94. The highest BCUT2D eigenvalue weighted by Crippen LogP contribution is 2.41. The Morgan fingerprint density at radius 1 is 0.242 bits per heavy atom. The molecule has 0 aliphatic carbocycles. The van der Waals surface area contributed by atoms with Gasteiger partial charge >= 0.3 is 0 Å². The van der Waals surface area contributed by atoms with Crippen LogP contribution in [-0.4, -0.2) is 149 Å². The molecule has 10 aromatic rings. The van der Waals surface area contributed by atoms with Crippen LogP contribution in [0, 0.1) is 0 Å². The summed E-state index contributed by atoms with van der Waals surface area (Å²) in [6, 6.07) is 19.9. The summed E-state index contributed by atoms with van der Waals surface area (Å²) in [5.41, 5.74) is 36.3. The molecule has 0 aliphatic heterocycles. The first-order valence-corrected chi connectivity index (χ1v) is 24.1. The van der Waals surface area contributed by atoms with E-state index in [0.29, 0.717) is 0 Å². The Kier molecular flexibility index (Phi) is 10.6. The summed E-state index contributed by atoms with van der Waals surface area (Å²) in [5.74, 6) is 0. The van der Waals surface area contributed by atoms with Crippen molar-refractivity contribution in [2.24, 2.45) is 0 Å². The van der Waals surface area contributed by atoms with Gasteiger partial charge in [0.25, 0.3) is 0 Å². The van der Waals surface area contributed by atoms with Gasteiger partial charge in [-0.1, -0.05) is 95.9 Å². The van der Waals surface area contributed by atoms with Crippen LogP contribution in [-0.2, 0) is 0 Å². The molecule has 0 fully saturated rings. The van der Waals surface area contributed by atoms with E-state index in [1.54, 1.807) is 0 Å². The van der Waals surface area contributed by atoms with Crippen molar-refractivity contribution >= 4 is 318 Å². The number of hydrogen-bond acceptors (Lipinski definition) is 1. The second kappa shape index (κ2) is 15.5. The number of hydrogen-bond donors (Lipinski definition) is 0. The summed E-state index contributed by atoms with van der Waals surface area (Å²) < 4.78 is 6.50. The average Bonchev–Trinajstić information content (AvgIpc) is 3.66. The summed E-state index contributed by atoms with van der Waals surface area (Å²) in [7, 11) is 45.2. The van der Waals surface area contributed by atoms with E-state index in [1.165, 1.54) is 186 Å². The molecule has 0 amide bonds. The van der Waals surface area contributed by atoms with Crippen LogP contribution in [0.15, 0.2) is 59.0 Å². The third-order valence-electron chi connectivity index (χ3n) is 17.9. The van der Waals surface area contributed by atoms with Gasteiger partial charge in [0.2, 0.25) is 0 Å². The van der Waals surface area contributed by atoms with E-state index < -0.39 is 0 Å². The summed E-state index contributed by atoms with van der Waals surface area (Å²) in [6.07, 6.45) is 0. The van der Waals surface area contributed by atoms with Gasteiger partial charge < -0.3 is 4.42 Å². The molecule has 0 N–H and O–H groups in total. The van der Waals surface area contributed by atoms with Crippen LogP contribution in [0.3, 0.4) is 0 Å². The predicted molar refractivity (Wildman–Crippen MR) is 355 cm³/mol. The molecule has 0 unspecified atom stereocenters. The molecule has 10 rings (SSSR count). The first-order valence-electron chi connectivity index (χ1n) is 24.1. The van der Waals surface area contributed by atoms with Gasteiger partial charge in [-0.2, -0.15) is 0 Å². The smallest absolute Gasteiger partial charge is 0.139 e. The van der Waals surface area contributed by atoms with Crippen molar-refractivity contribution in [1.82, 2.24) is 0 Å². The minimum Gasteiger partial charge on any atom is -0.456 e. The standard InChI is InChI=1S/C46H47B19O/c47-28-17(12-5-6-15-13(8-12)14-7-10-3-1-2-4-11(10)9-16(14)66-15)29(48)37(56)26(36(28)55)19-23-20(31(50)41(60)43(62)33(23)52)18(21-24(19)34(53)44(63)42(61)32(21)51)22-25-27(38(57)40(59)30(22)49)39(58)46(65)45(64)35(25)54/h1-9H,47-65H2. The van der Waals surface area contributed by atoms with E-state index in [1.807, 2.05) is 0 Å². The first-order chi connectivity index (χ1) is 31.2. The fraction of sp³-hybridized carbons (Fsp3) is 0. The van der Waals surface area contributed by atoms with Gasteiger partial charge in [-0.25, -0.2) is 0 Å². The summed E-state index contributed by atoms with van der Waals surface area (Å²) in [5, 5.41) is 13.3. The fourth-order valence-electron chi connectivity index (χ4n) is 12.6. The SMILES string of the molecule is Bc1c(B)c(-c2c3c(B)c(B)c(B)c(B)c3c(-c3c(B)c(B)c(B)c4c(B)c(B)c(B)c(B)c34)c3c(B)c(B)c(B)c(B)c23)c(B)c(B)c1-c1ccc2oc3cc4ccccc4cc3c2c1. The molecular formula is C46H47B19O. The molecule has 1 aromatic heterocycles. The van der Waals surface area contributed by atoms with Crippen LogP contribution >= 0.6 is 0 Å². The van der Waals surface area contributed by atoms with Crippen molar-refractivity contribution in [3.05, 3.63) is 54.6 Å². The maximum atomic E-state index is 6.50. The largest absolute Gasteiger partial charge is 0.456 e. The second-order valence-electron chi connectivity index (χ2n) is 20.5. The van der Waals surface area contributed by atoms with Crippen molar-refractivity contribution in [2.75, 3.05) is 0 Å². The minimum atomic E-state index is 0.929. The molecule has 1 heterocycles. The normalized spacial score (nSPS) is 11.9. The van der Waals surface area contributed by atoms with Crippen LogP contribution in [0.25, 0.3) is 98.4 Å². The summed E-state index contributed by atoms with van der Waals surface area (Å²) in [4.78, 5) is 0. The molecule has 0 radical (unpaired) electrons. The van der Waals surface area contributed by atoms with Crippen LogP contribution < -0.4 is 104 Å². The number of fused-ring (bicyclic) bond motifs is 7. The van der Waals surface area contributed by atoms with Crippen LogP contribution in [0.1, 0.15) is 0 Å². The van der Waals surface area contributed by atoms with Gasteiger partial charge in [-0.3, -0.25) is 0 Å². The van der Waals surface area contributed by atoms with E-state index in [4.69, 9.17) is 4.42 Å². The molecule has 294 valence electrons. The maximum Gasteiger partial charge on any atom is 0.139 e. The van der Waals surface area contributed by atoms with E-state index >= 15 is 0 Å². The molecular weight excluding hydrogens is 774 g/mol. The molecule has 1 nitrogen and oxygen atoms in total. The molecule has 0 spiro atoms. The van der Waals surface area contributed by atoms with E-state index in [0.717, 1.165) is 16.6 Å². The van der Waals surface area contributed by atoms with E-state index in [9.17, 15) is 0 Å². The summed E-state index contributed by atoms with van der Waals surface area (Å²) >= 11 is 0. The van der Waals surface area contributed by atoms with Crippen LogP contribution in [0.5, 0.6) is 0 Å². The van der Waals surface area contributed by atoms with Gasteiger partial charge in [0.15, 0.2) is 0 Å². The van der Waals surface area contributed by atoms with Crippen molar-refractivity contribution in [1.29, 1.82) is 0 Å². The Morgan fingerprint density at radius 2 is 0.576 bits per heavy atom. The Hall–Kier alpha value is -4.95. The third-order valence-corrected chi connectivity index (χ3v) is 17.9. The first kappa shape index (κ1) is 44.9. The maximum absolute atomic E-state index is 6.50. The predicted octanol–water partition coefficient (Wildman–Crippen LogP) is -19.9. The molecule has 9 aromatic carbocycles. The highest BCUT2D eigenvalue weighted by molar-refractivity contribution is 6.75. The van der Waals surface area contributed by atoms with Gasteiger partial charge in [0.05, 0.1) is 0 Å². The van der Waals surface area contributed by atoms with E-state index in [-0.39, 0.29) is 0 Å². The Balaban J connectivity index is 1.40. The lowest BCUT2D eigenvalue weighted by Gasteiger charge is -2.32. The lowest BCUT2D eigenvalue weighted by atomic mass is 9.55. The average molecular weight is 821 g/mol. The molecule has 66 heavy (non-hydrogen) atoms. The summed E-state index contributed by atoms with van der Waals surface area (Å²) in [6.45, 7) is 0. The number of benzene rings is 9. The Labute approximate surface area is 407 Å². The highest BCUT2D eigenvalue weighted by atomic mass is 16.3. The number of furan rings is 1. The zero-order valence-electron chi connectivity index (χ0n) is 43.1. The van der Waals surface area contributed by atoms with Crippen molar-refractivity contribution in [3.8, 4) is 33.4 Å². The van der Waals surface area contributed by atoms with Crippen molar-refractivity contribution < 1.29 is 4.42 Å². The minimum absolute atomic E-state index is 0.929. The lowest BCUT2D eigenvalue weighted by Crippen LogP contribution is -2.53. The van der Waals surface area contributed by atoms with Gasteiger partial charge in [-0.05, 0) is 101 Å². The van der Waals surface area contributed by atoms with Gasteiger partial charge in [0, 0.05) is 10.8 Å². The quantitative estimate of drug-likeness (QED) is 0.128. The monoisotopic (exact) mass is 825 g/mol. The van der Waals surface area contributed by atoms with Gasteiger partial charge in [-0.15, -0.1) is 38.2 Å². The van der Waals surface area contributed by atoms with Crippen LogP contribution in [0.2, 0.25) is 0 Å². The fourth-order valence-corrected chi connectivity index (χ4v) is 12.6. The topological polar surface area (TPSA) is 13.1 Å². The molecule has 0 atom stereocenters. The Bertz CT molecular complexity index is 3810. The van der Waals surface area contributed by atoms with Crippen molar-refractivity contribution in [3.63, 3.8) is 0 Å². The molecule has 0 bridgehead atoms. The molecule has 0 aliphatic rings. The molecule has 0 saturated heterocycles. The second-order valence-corrected chi connectivity index (χ2v) is 20.5. The zero-order chi connectivity index (χ0) is 47.4. The zero-order valence-corrected chi connectivity index (χ0v) is 43.1. The van der Waals surface area contributed by atoms with Gasteiger partial charge in [0.1, 0.15) is 160 Å². The number of rotatable bonds is 3. The highest BCUT2D eigenvalue weighted by Gasteiger charge is 2.30. The van der Waals surface area contributed by atoms with E-state index in [2.05, 4.69) is 204 Å². The molecule has 20 heteroatoms. The Morgan fingerprint density at radius 3 is 1.03 bits per heavy atom. The van der Waals surface area contributed by atoms with Crippen molar-refractivity contribution in [2.45, 2.75) is 0 Å². The molecule has 0 saturated carbocycles. The lowest BCUT2D eigenvalue weighted by molar-refractivity contribution is 0.669.